The summed E-state index contributed by atoms with van der Waals surface area (Å²) in [6.45, 7) is 8.40. The Kier molecular flexibility index (Phi) is 3.82. The van der Waals surface area contributed by atoms with Crippen molar-refractivity contribution in [1.82, 2.24) is 20.7 Å². The number of amides is 1. The Morgan fingerprint density at radius 1 is 1.43 bits per heavy atom. The lowest BCUT2D eigenvalue weighted by atomic mass is 9.88. The first-order valence-corrected chi connectivity index (χ1v) is 8.12. The third-order valence-electron chi connectivity index (χ3n) is 4.72. The fourth-order valence-electron chi connectivity index (χ4n) is 3.11. The smallest absolute Gasteiger partial charge is 0.230 e. The van der Waals surface area contributed by atoms with E-state index >= 15 is 0 Å². The zero-order chi connectivity index (χ0) is 16.7. The normalized spacial score (nSPS) is 20.5. The number of carbonyl (C=O) groups excluding carboxylic acids is 1. The van der Waals surface area contributed by atoms with E-state index in [1.54, 1.807) is 0 Å². The molecule has 0 unspecified atom stereocenters. The van der Waals surface area contributed by atoms with Crippen LogP contribution in [0.3, 0.4) is 0 Å². The molecule has 0 radical (unpaired) electrons. The minimum Gasteiger partial charge on any atom is -0.361 e. The third-order valence-corrected chi connectivity index (χ3v) is 4.72. The summed E-state index contributed by atoms with van der Waals surface area (Å²) in [5.74, 6) is 1.10. The van der Waals surface area contributed by atoms with Gasteiger partial charge in [-0.2, -0.15) is 0 Å². The number of hydrogen-bond donors (Lipinski definition) is 3. The molecule has 0 aliphatic carbocycles. The number of hydrogen-bond acceptors (Lipinski definition) is 4. The highest BCUT2D eigenvalue weighted by Gasteiger charge is 2.40. The summed E-state index contributed by atoms with van der Waals surface area (Å²) in [6, 6.07) is 1.88. The highest BCUT2D eigenvalue weighted by Crippen LogP contribution is 2.25. The van der Waals surface area contributed by atoms with Crippen LogP contribution >= 0.6 is 0 Å². The van der Waals surface area contributed by atoms with Gasteiger partial charge in [0, 0.05) is 31.1 Å². The SMILES string of the molecule is CC(C)(C)c1cc(CC(=O)N2CCC3(CC2)CNC(=N)N3)on1. The van der Waals surface area contributed by atoms with E-state index in [1.807, 2.05) is 11.0 Å². The number of likely N-dealkylation sites (tertiary alicyclic amines) is 1. The molecule has 23 heavy (non-hydrogen) atoms. The molecule has 0 saturated carbocycles. The van der Waals surface area contributed by atoms with Crippen LogP contribution < -0.4 is 10.6 Å². The van der Waals surface area contributed by atoms with Gasteiger partial charge in [0.15, 0.2) is 5.96 Å². The van der Waals surface area contributed by atoms with Gasteiger partial charge in [-0.1, -0.05) is 25.9 Å². The van der Waals surface area contributed by atoms with Crippen LogP contribution in [-0.2, 0) is 16.6 Å². The fourth-order valence-corrected chi connectivity index (χ4v) is 3.11. The molecule has 1 aromatic heterocycles. The number of aromatic nitrogens is 1. The van der Waals surface area contributed by atoms with Crippen molar-refractivity contribution in [1.29, 1.82) is 5.41 Å². The molecule has 2 fully saturated rings. The first kappa shape index (κ1) is 15.8. The van der Waals surface area contributed by atoms with Gasteiger partial charge in [-0.25, -0.2) is 0 Å². The van der Waals surface area contributed by atoms with Gasteiger partial charge < -0.3 is 20.1 Å². The predicted molar refractivity (Wildman–Crippen MR) is 86.3 cm³/mol. The molecule has 2 aliphatic heterocycles. The Balaban J connectivity index is 1.56. The number of carbonyl (C=O) groups is 1. The van der Waals surface area contributed by atoms with Crippen LogP contribution in [-0.4, -0.2) is 47.1 Å². The van der Waals surface area contributed by atoms with E-state index in [-0.39, 0.29) is 23.3 Å². The maximum absolute atomic E-state index is 12.5. The number of nitrogens with zero attached hydrogens (tertiary/aromatic N) is 2. The number of guanidine groups is 1. The molecule has 7 nitrogen and oxygen atoms in total. The van der Waals surface area contributed by atoms with E-state index in [2.05, 4.69) is 36.6 Å². The summed E-state index contributed by atoms with van der Waals surface area (Å²) in [4.78, 5) is 14.3. The van der Waals surface area contributed by atoms with E-state index in [1.165, 1.54) is 0 Å². The fraction of sp³-hybridized carbons (Fsp3) is 0.688. The number of nitrogens with one attached hydrogen (secondary N) is 3. The van der Waals surface area contributed by atoms with Gasteiger partial charge in [-0.15, -0.1) is 0 Å². The van der Waals surface area contributed by atoms with Crippen LogP contribution in [0, 0.1) is 5.41 Å². The second kappa shape index (κ2) is 5.54. The highest BCUT2D eigenvalue weighted by molar-refractivity contribution is 5.80. The standard InChI is InChI=1S/C16H25N5O2/c1-15(2,3)12-8-11(23-20-12)9-13(22)21-6-4-16(5-7-21)10-18-14(17)19-16/h8H,4-7,9-10H2,1-3H3,(H3,17,18,19). The highest BCUT2D eigenvalue weighted by atomic mass is 16.5. The molecule has 3 N–H and O–H groups in total. The van der Waals surface area contributed by atoms with E-state index in [9.17, 15) is 4.79 Å². The van der Waals surface area contributed by atoms with Crippen LogP contribution in [0.4, 0.5) is 0 Å². The van der Waals surface area contributed by atoms with Gasteiger partial charge in [-0.05, 0) is 12.8 Å². The topological polar surface area (TPSA) is 94.2 Å². The Morgan fingerprint density at radius 2 is 2.13 bits per heavy atom. The molecule has 0 aromatic carbocycles. The lowest BCUT2D eigenvalue weighted by Crippen LogP contribution is -2.53. The number of piperidine rings is 1. The largest absolute Gasteiger partial charge is 0.361 e. The number of rotatable bonds is 2. The lowest BCUT2D eigenvalue weighted by Gasteiger charge is -2.38. The zero-order valence-electron chi connectivity index (χ0n) is 14.0. The average Bonchev–Trinajstić information content (AvgIpc) is 3.07. The Bertz CT molecular complexity index is 608. The van der Waals surface area contributed by atoms with Crippen LogP contribution in [0.1, 0.15) is 45.1 Å². The first-order valence-electron chi connectivity index (χ1n) is 8.12. The van der Waals surface area contributed by atoms with Crippen molar-refractivity contribution in [2.24, 2.45) is 0 Å². The van der Waals surface area contributed by atoms with Crippen molar-refractivity contribution in [3.8, 4) is 0 Å². The molecule has 1 spiro atoms. The summed E-state index contributed by atoms with van der Waals surface area (Å²) in [5, 5.41) is 17.9. The van der Waals surface area contributed by atoms with Crippen LogP contribution in [0.25, 0.3) is 0 Å². The Hall–Kier alpha value is -2.05. The quantitative estimate of drug-likeness (QED) is 0.756. The Morgan fingerprint density at radius 3 is 2.65 bits per heavy atom. The maximum Gasteiger partial charge on any atom is 0.230 e. The lowest BCUT2D eigenvalue weighted by molar-refractivity contribution is -0.132. The molecule has 0 bridgehead atoms. The van der Waals surface area contributed by atoms with Gasteiger partial charge in [0.05, 0.1) is 17.7 Å². The predicted octanol–water partition coefficient (Wildman–Crippen LogP) is 1.00. The van der Waals surface area contributed by atoms with Gasteiger partial charge in [-0.3, -0.25) is 10.2 Å². The molecule has 7 heteroatoms. The van der Waals surface area contributed by atoms with Crippen LogP contribution in [0.5, 0.6) is 0 Å². The molecule has 3 rings (SSSR count). The van der Waals surface area contributed by atoms with Crippen LogP contribution in [0.2, 0.25) is 0 Å². The maximum atomic E-state index is 12.5. The van der Waals surface area contributed by atoms with Crippen molar-refractivity contribution < 1.29 is 9.32 Å². The van der Waals surface area contributed by atoms with E-state index in [0.717, 1.165) is 25.1 Å². The minimum atomic E-state index is -0.0755. The molecule has 0 atom stereocenters. The third kappa shape index (κ3) is 3.33. The molecular formula is C16H25N5O2. The first-order chi connectivity index (χ1) is 10.8. The molecule has 2 aliphatic rings. The summed E-state index contributed by atoms with van der Waals surface area (Å²) in [6.07, 6.45) is 1.98. The van der Waals surface area contributed by atoms with Crippen molar-refractivity contribution >= 4 is 11.9 Å². The minimum absolute atomic E-state index is 0.0560. The van der Waals surface area contributed by atoms with Gasteiger partial charge >= 0.3 is 0 Å². The Labute approximate surface area is 136 Å². The van der Waals surface area contributed by atoms with Gasteiger partial charge in [0.1, 0.15) is 5.76 Å². The summed E-state index contributed by atoms with van der Waals surface area (Å²) in [7, 11) is 0. The van der Waals surface area contributed by atoms with E-state index in [0.29, 0.717) is 24.8 Å². The van der Waals surface area contributed by atoms with E-state index in [4.69, 9.17) is 9.93 Å². The second-order valence-electron chi connectivity index (χ2n) is 7.62. The van der Waals surface area contributed by atoms with Crippen LogP contribution in [0.15, 0.2) is 10.6 Å². The van der Waals surface area contributed by atoms with E-state index < -0.39 is 0 Å². The molecule has 3 heterocycles. The monoisotopic (exact) mass is 319 g/mol. The molecule has 1 aromatic rings. The second-order valence-corrected chi connectivity index (χ2v) is 7.62. The van der Waals surface area contributed by atoms with Gasteiger partial charge in [0.2, 0.25) is 5.91 Å². The van der Waals surface area contributed by atoms with Crippen molar-refractivity contribution in [2.75, 3.05) is 19.6 Å². The van der Waals surface area contributed by atoms with Gasteiger partial charge in [0.25, 0.3) is 0 Å². The van der Waals surface area contributed by atoms with Crippen molar-refractivity contribution in [3.05, 3.63) is 17.5 Å². The molecule has 1 amide bonds. The van der Waals surface area contributed by atoms with Crippen molar-refractivity contribution in [2.45, 2.75) is 51.0 Å². The summed E-state index contributed by atoms with van der Waals surface area (Å²) < 4.78 is 5.31. The molecule has 2 saturated heterocycles. The summed E-state index contributed by atoms with van der Waals surface area (Å²) >= 11 is 0. The molecule has 126 valence electrons. The van der Waals surface area contributed by atoms with Crippen molar-refractivity contribution in [3.63, 3.8) is 0 Å². The molecular weight excluding hydrogens is 294 g/mol. The average molecular weight is 319 g/mol. The zero-order valence-corrected chi connectivity index (χ0v) is 14.0. The summed E-state index contributed by atoms with van der Waals surface area (Å²) in [5.41, 5.74) is 0.741.